The van der Waals surface area contributed by atoms with Crippen molar-refractivity contribution in [3.05, 3.63) is 78.4 Å². The molecule has 0 saturated heterocycles. The number of aromatic nitrogens is 2. The van der Waals surface area contributed by atoms with Crippen molar-refractivity contribution in [2.45, 2.75) is 18.2 Å². The monoisotopic (exact) mass is 419 g/mol. The second-order valence-electron chi connectivity index (χ2n) is 7.11. The Bertz CT molecular complexity index is 1260. The highest BCUT2D eigenvalue weighted by atomic mass is 32.2. The lowest BCUT2D eigenvalue weighted by molar-refractivity contribution is -0.115. The fourth-order valence-corrected chi connectivity index (χ4v) is 4.36. The first-order valence-electron chi connectivity index (χ1n) is 9.55. The highest BCUT2D eigenvalue weighted by Gasteiger charge is 2.16. The van der Waals surface area contributed by atoms with Gasteiger partial charge >= 0.3 is 0 Å². The number of aromatic amines is 1. The summed E-state index contributed by atoms with van der Waals surface area (Å²) in [5, 5.41) is 2.75. The molecule has 0 aliphatic rings. The zero-order chi connectivity index (χ0) is 21.1. The van der Waals surface area contributed by atoms with E-state index in [2.05, 4.69) is 15.3 Å². The van der Waals surface area contributed by atoms with E-state index in [4.69, 9.17) is 0 Å². The SMILES string of the molecule is Cc1ccc(S(=O)(=O)CCC(=O)Nc2ccc(-c3nc4ccccc4[nH]3)cc2)cc1. The zero-order valence-corrected chi connectivity index (χ0v) is 17.2. The van der Waals surface area contributed by atoms with E-state index in [1.165, 1.54) is 0 Å². The quantitative estimate of drug-likeness (QED) is 0.486. The normalized spacial score (nSPS) is 11.5. The molecule has 0 aliphatic carbocycles. The number of imidazole rings is 1. The Balaban J connectivity index is 1.38. The van der Waals surface area contributed by atoms with Gasteiger partial charge in [0.15, 0.2) is 9.84 Å². The molecular weight excluding hydrogens is 398 g/mol. The maximum atomic E-state index is 12.4. The minimum absolute atomic E-state index is 0.110. The Kier molecular flexibility index (Phi) is 5.37. The van der Waals surface area contributed by atoms with Crippen LogP contribution in [-0.2, 0) is 14.6 Å². The minimum Gasteiger partial charge on any atom is -0.338 e. The van der Waals surface area contributed by atoms with Crippen LogP contribution in [0.25, 0.3) is 22.4 Å². The van der Waals surface area contributed by atoms with E-state index in [1.54, 1.807) is 36.4 Å². The molecule has 30 heavy (non-hydrogen) atoms. The molecule has 0 bridgehead atoms. The van der Waals surface area contributed by atoms with Gasteiger partial charge in [-0.3, -0.25) is 4.79 Å². The molecule has 0 saturated carbocycles. The summed E-state index contributed by atoms with van der Waals surface area (Å²) in [6.45, 7) is 1.89. The number of sulfone groups is 1. The molecule has 0 atom stereocenters. The van der Waals surface area contributed by atoms with Crippen LogP contribution in [0.5, 0.6) is 0 Å². The smallest absolute Gasteiger partial charge is 0.225 e. The van der Waals surface area contributed by atoms with Crippen molar-refractivity contribution in [2.24, 2.45) is 0 Å². The lowest BCUT2D eigenvalue weighted by Crippen LogP contribution is -2.17. The van der Waals surface area contributed by atoms with Crippen molar-refractivity contribution in [3.63, 3.8) is 0 Å². The second-order valence-corrected chi connectivity index (χ2v) is 9.22. The molecule has 3 aromatic carbocycles. The highest BCUT2D eigenvalue weighted by Crippen LogP contribution is 2.22. The van der Waals surface area contributed by atoms with Gasteiger partial charge in [-0.15, -0.1) is 0 Å². The minimum atomic E-state index is -3.49. The van der Waals surface area contributed by atoms with Crippen molar-refractivity contribution >= 4 is 32.5 Å². The standard InChI is InChI=1S/C23H21N3O3S/c1-16-6-12-19(13-7-16)30(28,29)15-14-22(27)24-18-10-8-17(9-11-18)23-25-20-4-2-3-5-21(20)26-23/h2-13H,14-15H2,1H3,(H,24,27)(H,25,26). The fraction of sp³-hybridized carbons (Fsp3) is 0.130. The maximum Gasteiger partial charge on any atom is 0.225 e. The summed E-state index contributed by atoms with van der Waals surface area (Å²) in [5.74, 6) is 0.166. The molecule has 0 fully saturated rings. The Morgan fingerprint density at radius 2 is 1.67 bits per heavy atom. The van der Waals surface area contributed by atoms with Crippen molar-refractivity contribution in [1.29, 1.82) is 0 Å². The van der Waals surface area contributed by atoms with Gasteiger partial charge in [0.1, 0.15) is 5.82 Å². The molecule has 7 heteroatoms. The third kappa shape index (κ3) is 4.41. The number of aryl methyl sites for hydroxylation is 1. The van der Waals surface area contributed by atoms with Crippen molar-refractivity contribution < 1.29 is 13.2 Å². The van der Waals surface area contributed by atoms with E-state index in [0.29, 0.717) is 5.69 Å². The lowest BCUT2D eigenvalue weighted by atomic mass is 10.2. The van der Waals surface area contributed by atoms with Crippen LogP contribution in [0.15, 0.2) is 77.7 Å². The van der Waals surface area contributed by atoms with Gasteiger partial charge in [-0.2, -0.15) is 0 Å². The van der Waals surface area contributed by atoms with E-state index in [-0.39, 0.29) is 23.0 Å². The molecule has 152 valence electrons. The van der Waals surface area contributed by atoms with Gasteiger partial charge in [0.2, 0.25) is 5.91 Å². The summed E-state index contributed by atoms with van der Waals surface area (Å²) in [5.41, 5.74) is 4.33. The van der Waals surface area contributed by atoms with Crippen molar-refractivity contribution in [2.75, 3.05) is 11.1 Å². The third-order valence-corrected chi connectivity index (χ3v) is 6.54. The zero-order valence-electron chi connectivity index (χ0n) is 16.4. The molecule has 1 amide bonds. The predicted octanol–water partition coefficient (Wildman–Crippen LogP) is 4.34. The van der Waals surface area contributed by atoms with E-state index < -0.39 is 9.84 Å². The number of para-hydroxylation sites is 2. The topological polar surface area (TPSA) is 91.9 Å². The Hall–Kier alpha value is -3.45. The van der Waals surface area contributed by atoms with Crippen LogP contribution in [0.3, 0.4) is 0 Å². The van der Waals surface area contributed by atoms with Gasteiger partial charge in [0, 0.05) is 17.7 Å². The van der Waals surface area contributed by atoms with E-state index in [1.807, 2.05) is 43.3 Å². The summed E-state index contributed by atoms with van der Waals surface area (Å²) in [6, 6.07) is 21.7. The maximum absolute atomic E-state index is 12.4. The summed E-state index contributed by atoms with van der Waals surface area (Å²) in [6.07, 6.45) is -0.110. The van der Waals surface area contributed by atoms with Crippen LogP contribution in [0.2, 0.25) is 0 Å². The van der Waals surface area contributed by atoms with E-state index in [9.17, 15) is 13.2 Å². The van der Waals surface area contributed by atoms with Gasteiger partial charge < -0.3 is 10.3 Å². The van der Waals surface area contributed by atoms with Crippen molar-refractivity contribution in [1.82, 2.24) is 9.97 Å². The Morgan fingerprint density at radius 1 is 0.967 bits per heavy atom. The van der Waals surface area contributed by atoms with Crippen LogP contribution in [0.1, 0.15) is 12.0 Å². The number of hydrogen-bond acceptors (Lipinski definition) is 4. The number of H-pyrrole nitrogens is 1. The number of nitrogens with zero attached hydrogens (tertiary/aromatic N) is 1. The van der Waals surface area contributed by atoms with Crippen molar-refractivity contribution in [3.8, 4) is 11.4 Å². The average Bonchev–Trinajstić information content (AvgIpc) is 3.17. The number of benzene rings is 3. The van der Waals surface area contributed by atoms with Crippen LogP contribution in [0.4, 0.5) is 5.69 Å². The number of nitrogens with one attached hydrogen (secondary N) is 2. The number of carbonyl (C=O) groups is 1. The molecule has 0 unspecified atom stereocenters. The highest BCUT2D eigenvalue weighted by molar-refractivity contribution is 7.91. The van der Waals surface area contributed by atoms with Crippen LogP contribution < -0.4 is 5.32 Å². The molecule has 0 spiro atoms. The molecule has 0 radical (unpaired) electrons. The summed E-state index contributed by atoms with van der Waals surface area (Å²) < 4.78 is 24.8. The number of hydrogen-bond donors (Lipinski definition) is 2. The molecule has 1 aromatic heterocycles. The first-order valence-corrected chi connectivity index (χ1v) is 11.2. The van der Waals surface area contributed by atoms with Gasteiger partial charge in [-0.05, 0) is 55.5 Å². The van der Waals surface area contributed by atoms with Crippen LogP contribution in [0, 0.1) is 6.92 Å². The molecule has 2 N–H and O–H groups in total. The average molecular weight is 420 g/mol. The number of carbonyl (C=O) groups excluding carboxylic acids is 1. The molecular formula is C23H21N3O3S. The first-order chi connectivity index (χ1) is 14.4. The molecule has 4 rings (SSSR count). The Labute approximate surface area is 174 Å². The van der Waals surface area contributed by atoms with Crippen LogP contribution >= 0.6 is 0 Å². The van der Waals surface area contributed by atoms with Gasteiger partial charge in [0.05, 0.1) is 21.7 Å². The number of amides is 1. The van der Waals surface area contributed by atoms with Gasteiger partial charge in [-0.1, -0.05) is 29.8 Å². The van der Waals surface area contributed by atoms with E-state index in [0.717, 1.165) is 28.0 Å². The van der Waals surface area contributed by atoms with Gasteiger partial charge in [-0.25, -0.2) is 13.4 Å². The lowest BCUT2D eigenvalue weighted by Gasteiger charge is -2.07. The fourth-order valence-electron chi connectivity index (χ4n) is 3.11. The first kappa shape index (κ1) is 19.8. The number of rotatable bonds is 6. The summed E-state index contributed by atoms with van der Waals surface area (Å²) in [7, 11) is -3.49. The summed E-state index contributed by atoms with van der Waals surface area (Å²) in [4.78, 5) is 20.3. The van der Waals surface area contributed by atoms with E-state index >= 15 is 0 Å². The van der Waals surface area contributed by atoms with Gasteiger partial charge in [0.25, 0.3) is 0 Å². The van der Waals surface area contributed by atoms with Crippen LogP contribution in [-0.4, -0.2) is 30.0 Å². The second kappa shape index (κ2) is 8.12. The number of anilines is 1. The summed E-state index contributed by atoms with van der Waals surface area (Å²) >= 11 is 0. The third-order valence-electron chi connectivity index (χ3n) is 4.81. The molecule has 6 nitrogen and oxygen atoms in total. The molecule has 1 heterocycles. The predicted molar refractivity (Wildman–Crippen MR) is 118 cm³/mol. The molecule has 0 aliphatic heterocycles. The Morgan fingerprint density at radius 3 is 2.37 bits per heavy atom. The molecule has 4 aromatic rings. The number of fused-ring (bicyclic) bond motifs is 1. The largest absolute Gasteiger partial charge is 0.338 e.